The molecule has 0 saturated heterocycles. The van der Waals surface area contributed by atoms with Crippen LogP contribution in [0, 0.1) is 0 Å². The summed E-state index contributed by atoms with van der Waals surface area (Å²) in [5, 5.41) is 6.58. The van der Waals surface area contributed by atoms with Crippen molar-refractivity contribution in [1.29, 1.82) is 0 Å². The number of nitrogens with zero attached hydrogens (tertiary/aromatic N) is 3. The number of hydrogen-bond donors (Lipinski definition) is 2. The number of benzene rings is 1. The van der Waals surface area contributed by atoms with Crippen LogP contribution in [0.5, 0.6) is 0 Å². The molecule has 2 rings (SSSR count). The zero-order valence-corrected chi connectivity index (χ0v) is 14.5. The van der Waals surface area contributed by atoms with E-state index in [1.165, 1.54) is 5.56 Å². The topological polar surface area (TPSA) is 63.5 Å². The summed E-state index contributed by atoms with van der Waals surface area (Å²) in [4.78, 5) is 8.24. The fraction of sp³-hybridized carbons (Fsp3) is 0.444. The molecule has 0 saturated carbocycles. The first kappa shape index (κ1) is 18.0. The fourth-order valence-electron chi connectivity index (χ4n) is 2.30. The highest BCUT2D eigenvalue weighted by molar-refractivity contribution is 5.79. The van der Waals surface area contributed by atoms with E-state index in [2.05, 4.69) is 39.7 Å². The van der Waals surface area contributed by atoms with Crippen molar-refractivity contribution < 1.29 is 4.74 Å². The van der Waals surface area contributed by atoms with Crippen LogP contribution >= 0.6 is 0 Å². The van der Waals surface area contributed by atoms with Gasteiger partial charge in [0.05, 0.1) is 12.4 Å². The Kier molecular flexibility index (Phi) is 7.83. The van der Waals surface area contributed by atoms with E-state index >= 15 is 0 Å². The molecule has 2 aromatic rings. The molecule has 24 heavy (non-hydrogen) atoms. The van der Waals surface area contributed by atoms with Crippen LogP contribution in [0.3, 0.4) is 0 Å². The van der Waals surface area contributed by atoms with Gasteiger partial charge in [0.25, 0.3) is 0 Å². The lowest BCUT2D eigenvalue weighted by Crippen LogP contribution is -2.39. The Balaban J connectivity index is 1.55. The molecule has 6 nitrogen and oxygen atoms in total. The van der Waals surface area contributed by atoms with Crippen LogP contribution in [0.25, 0.3) is 0 Å². The molecular weight excluding hydrogens is 302 g/mol. The van der Waals surface area contributed by atoms with Crippen LogP contribution in [-0.4, -0.2) is 42.3 Å². The Labute approximate surface area is 144 Å². The first-order chi connectivity index (χ1) is 11.8. The first-order valence-corrected chi connectivity index (χ1v) is 8.36. The van der Waals surface area contributed by atoms with Gasteiger partial charge in [0, 0.05) is 45.7 Å². The number of hydrogen-bond acceptors (Lipinski definition) is 3. The lowest BCUT2D eigenvalue weighted by Gasteiger charge is -2.15. The van der Waals surface area contributed by atoms with E-state index in [1.807, 2.05) is 35.3 Å². The second-order valence-electron chi connectivity index (χ2n) is 5.50. The molecule has 0 fully saturated rings. The van der Waals surface area contributed by atoms with Crippen LogP contribution in [0.2, 0.25) is 0 Å². The van der Waals surface area contributed by atoms with Crippen LogP contribution in [0.1, 0.15) is 25.0 Å². The third-order valence-electron chi connectivity index (χ3n) is 3.70. The van der Waals surface area contributed by atoms with Crippen molar-refractivity contribution in [2.24, 2.45) is 4.99 Å². The van der Waals surface area contributed by atoms with E-state index in [4.69, 9.17) is 4.74 Å². The van der Waals surface area contributed by atoms with Crippen molar-refractivity contribution >= 4 is 5.96 Å². The summed E-state index contributed by atoms with van der Waals surface area (Å²) in [5.74, 6) is 0.811. The van der Waals surface area contributed by atoms with Crippen LogP contribution in [-0.2, 0) is 11.3 Å². The van der Waals surface area contributed by atoms with Gasteiger partial charge in [0.15, 0.2) is 5.96 Å². The second-order valence-corrected chi connectivity index (χ2v) is 5.50. The standard InChI is InChI=1S/C18H27N5O/c1-16(17-7-4-3-5-8-17)24-14-6-9-21-18(19-2)22-11-13-23-12-10-20-15-23/h3-5,7-8,10,12,15-16H,6,9,11,13-14H2,1-2H3,(H2,19,21,22). The summed E-state index contributed by atoms with van der Waals surface area (Å²) < 4.78 is 7.89. The monoisotopic (exact) mass is 329 g/mol. The lowest BCUT2D eigenvalue weighted by molar-refractivity contribution is 0.0646. The SMILES string of the molecule is CN=C(NCCCOC(C)c1ccccc1)NCCn1ccnc1. The normalized spacial score (nSPS) is 12.8. The highest BCUT2D eigenvalue weighted by atomic mass is 16.5. The second kappa shape index (κ2) is 10.4. The number of aromatic nitrogens is 2. The lowest BCUT2D eigenvalue weighted by atomic mass is 10.1. The number of ether oxygens (including phenoxy) is 1. The van der Waals surface area contributed by atoms with E-state index in [9.17, 15) is 0 Å². The van der Waals surface area contributed by atoms with E-state index in [1.54, 1.807) is 13.2 Å². The minimum absolute atomic E-state index is 0.124. The van der Waals surface area contributed by atoms with Crippen molar-refractivity contribution in [3.05, 3.63) is 54.6 Å². The Morgan fingerprint density at radius 1 is 1.25 bits per heavy atom. The summed E-state index contributed by atoms with van der Waals surface area (Å²) in [7, 11) is 1.78. The number of aliphatic imine (C=N–C) groups is 1. The molecule has 2 N–H and O–H groups in total. The van der Waals surface area contributed by atoms with Gasteiger partial charge in [-0.25, -0.2) is 4.98 Å². The molecule has 0 bridgehead atoms. The Hall–Kier alpha value is -2.34. The molecule has 1 aromatic heterocycles. The van der Waals surface area contributed by atoms with Crippen molar-refractivity contribution in [1.82, 2.24) is 20.2 Å². The van der Waals surface area contributed by atoms with Gasteiger partial charge in [-0.1, -0.05) is 30.3 Å². The molecule has 0 spiro atoms. The summed E-state index contributed by atoms with van der Waals surface area (Å²) in [6.45, 7) is 5.29. The molecular formula is C18H27N5O. The number of imidazole rings is 1. The third kappa shape index (κ3) is 6.42. The molecule has 0 radical (unpaired) electrons. The van der Waals surface area contributed by atoms with Gasteiger partial charge >= 0.3 is 0 Å². The smallest absolute Gasteiger partial charge is 0.191 e. The molecule has 0 amide bonds. The number of rotatable bonds is 9. The number of guanidine groups is 1. The van der Waals surface area contributed by atoms with Crippen LogP contribution in [0.4, 0.5) is 0 Å². The highest BCUT2D eigenvalue weighted by Crippen LogP contribution is 2.15. The average molecular weight is 329 g/mol. The molecule has 1 heterocycles. The molecule has 6 heteroatoms. The molecule has 130 valence electrons. The fourth-order valence-corrected chi connectivity index (χ4v) is 2.30. The molecule has 0 aliphatic heterocycles. The number of nitrogens with one attached hydrogen (secondary N) is 2. The minimum atomic E-state index is 0.124. The third-order valence-corrected chi connectivity index (χ3v) is 3.70. The summed E-state index contributed by atoms with van der Waals surface area (Å²) in [6.07, 6.45) is 6.59. The van der Waals surface area contributed by atoms with E-state index in [0.29, 0.717) is 0 Å². The molecule has 0 aliphatic carbocycles. The first-order valence-electron chi connectivity index (χ1n) is 8.36. The van der Waals surface area contributed by atoms with E-state index < -0.39 is 0 Å². The van der Waals surface area contributed by atoms with Gasteiger partial charge in [-0.05, 0) is 18.9 Å². The zero-order valence-electron chi connectivity index (χ0n) is 14.5. The Bertz CT molecular complexity index is 583. The largest absolute Gasteiger partial charge is 0.374 e. The summed E-state index contributed by atoms with van der Waals surface area (Å²) in [6, 6.07) is 10.3. The summed E-state index contributed by atoms with van der Waals surface area (Å²) in [5.41, 5.74) is 1.21. The summed E-state index contributed by atoms with van der Waals surface area (Å²) >= 11 is 0. The predicted octanol–water partition coefficient (Wildman–Crippen LogP) is 2.22. The molecule has 1 atom stereocenters. The molecule has 1 aromatic carbocycles. The predicted molar refractivity (Wildman–Crippen MR) is 97.0 cm³/mol. The van der Waals surface area contributed by atoms with Crippen LogP contribution in [0.15, 0.2) is 54.0 Å². The quantitative estimate of drug-likeness (QED) is 0.421. The van der Waals surface area contributed by atoms with Gasteiger partial charge in [-0.3, -0.25) is 4.99 Å². The Morgan fingerprint density at radius 2 is 2.04 bits per heavy atom. The van der Waals surface area contributed by atoms with E-state index in [0.717, 1.165) is 38.6 Å². The Morgan fingerprint density at radius 3 is 2.75 bits per heavy atom. The maximum absolute atomic E-state index is 5.86. The van der Waals surface area contributed by atoms with Crippen molar-refractivity contribution in [3.8, 4) is 0 Å². The highest BCUT2D eigenvalue weighted by Gasteiger charge is 2.04. The van der Waals surface area contributed by atoms with Crippen molar-refractivity contribution in [2.45, 2.75) is 26.0 Å². The van der Waals surface area contributed by atoms with Gasteiger partial charge in [0.2, 0.25) is 0 Å². The zero-order chi connectivity index (χ0) is 17.0. The van der Waals surface area contributed by atoms with Crippen molar-refractivity contribution in [3.63, 3.8) is 0 Å². The van der Waals surface area contributed by atoms with E-state index in [-0.39, 0.29) is 6.10 Å². The van der Waals surface area contributed by atoms with Gasteiger partial charge in [-0.15, -0.1) is 0 Å². The van der Waals surface area contributed by atoms with Gasteiger partial charge < -0.3 is 19.9 Å². The average Bonchev–Trinajstić information content (AvgIpc) is 3.14. The molecule has 1 unspecified atom stereocenters. The minimum Gasteiger partial charge on any atom is -0.374 e. The van der Waals surface area contributed by atoms with Crippen LogP contribution < -0.4 is 10.6 Å². The van der Waals surface area contributed by atoms with Crippen molar-refractivity contribution in [2.75, 3.05) is 26.7 Å². The maximum atomic E-state index is 5.86. The molecule has 0 aliphatic rings. The van der Waals surface area contributed by atoms with Gasteiger partial charge in [0.1, 0.15) is 0 Å². The van der Waals surface area contributed by atoms with Gasteiger partial charge in [-0.2, -0.15) is 0 Å². The maximum Gasteiger partial charge on any atom is 0.191 e.